The topological polar surface area (TPSA) is 50.5 Å². The molecule has 1 unspecified atom stereocenters. The Kier molecular flexibility index (Phi) is 3.79. The first-order chi connectivity index (χ1) is 10.2. The summed E-state index contributed by atoms with van der Waals surface area (Å²) in [5.74, 6) is -0.260. The van der Waals surface area contributed by atoms with Crippen LogP contribution in [-0.2, 0) is 11.3 Å². The zero-order valence-electron chi connectivity index (χ0n) is 11.8. The lowest BCUT2D eigenvalue weighted by Gasteiger charge is -2.30. The largest absolute Gasteiger partial charge is 0.335 e. The third kappa shape index (κ3) is 2.71. The fourth-order valence-corrected chi connectivity index (χ4v) is 2.79. The normalized spacial score (nSPS) is 20.7. The molecule has 1 amide bonds. The summed E-state index contributed by atoms with van der Waals surface area (Å²) >= 11 is 5.25. The number of aliphatic imine (C=N–C) groups is 1. The first kappa shape index (κ1) is 13.9. The van der Waals surface area contributed by atoms with Crippen LogP contribution in [0, 0.1) is 12.8 Å². The average molecular weight is 300 g/mol. The highest BCUT2D eigenvalue weighted by Gasteiger charge is 2.33. The predicted molar refractivity (Wildman–Crippen MR) is 85.1 cm³/mol. The number of rotatable bonds is 4. The molecule has 2 aliphatic rings. The SMILES string of the molecule is Cc1cncn1CCCN1C(=O)C2C=CC=CC2=NC1=S. The van der Waals surface area contributed by atoms with Gasteiger partial charge in [-0.15, -0.1) is 0 Å². The molecular formula is C15H16N4OS. The lowest BCUT2D eigenvalue weighted by Crippen LogP contribution is -2.46. The molecule has 108 valence electrons. The highest BCUT2D eigenvalue weighted by atomic mass is 32.1. The number of allylic oxidation sites excluding steroid dienone is 3. The van der Waals surface area contributed by atoms with Gasteiger partial charge < -0.3 is 4.57 Å². The van der Waals surface area contributed by atoms with Crippen molar-refractivity contribution in [1.82, 2.24) is 14.5 Å². The number of thiocarbonyl (C=S) groups is 1. The number of aryl methyl sites for hydroxylation is 2. The smallest absolute Gasteiger partial charge is 0.241 e. The molecular weight excluding hydrogens is 284 g/mol. The van der Waals surface area contributed by atoms with Gasteiger partial charge in [-0.25, -0.2) is 9.98 Å². The van der Waals surface area contributed by atoms with E-state index in [0.29, 0.717) is 11.7 Å². The maximum atomic E-state index is 12.5. The highest BCUT2D eigenvalue weighted by Crippen LogP contribution is 2.20. The highest BCUT2D eigenvalue weighted by molar-refractivity contribution is 7.80. The van der Waals surface area contributed by atoms with Gasteiger partial charge >= 0.3 is 0 Å². The Balaban J connectivity index is 1.66. The number of fused-ring (bicyclic) bond motifs is 1. The Hall–Kier alpha value is -2.08. The van der Waals surface area contributed by atoms with Gasteiger partial charge in [-0.2, -0.15) is 0 Å². The van der Waals surface area contributed by atoms with Crippen molar-refractivity contribution in [3.8, 4) is 0 Å². The lowest BCUT2D eigenvalue weighted by atomic mass is 9.95. The van der Waals surface area contributed by atoms with Crippen LogP contribution in [0.1, 0.15) is 12.1 Å². The fourth-order valence-electron chi connectivity index (χ4n) is 2.51. The van der Waals surface area contributed by atoms with E-state index < -0.39 is 0 Å². The van der Waals surface area contributed by atoms with Crippen LogP contribution in [0.4, 0.5) is 0 Å². The Bertz CT molecular complexity index is 671. The number of nitrogens with zero attached hydrogens (tertiary/aromatic N) is 4. The summed E-state index contributed by atoms with van der Waals surface area (Å²) in [6.45, 7) is 3.41. The van der Waals surface area contributed by atoms with E-state index in [4.69, 9.17) is 12.2 Å². The molecule has 6 heteroatoms. The van der Waals surface area contributed by atoms with Gasteiger partial charge in [-0.3, -0.25) is 9.69 Å². The second kappa shape index (κ2) is 5.73. The number of hydrogen-bond donors (Lipinski definition) is 0. The molecule has 3 rings (SSSR count). The van der Waals surface area contributed by atoms with Crippen molar-refractivity contribution in [3.63, 3.8) is 0 Å². The Morgan fingerprint density at radius 2 is 2.19 bits per heavy atom. The quantitative estimate of drug-likeness (QED) is 0.798. The Morgan fingerprint density at radius 3 is 2.95 bits per heavy atom. The molecule has 0 fully saturated rings. The van der Waals surface area contributed by atoms with E-state index in [0.717, 1.165) is 24.4 Å². The summed E-state index contributed by atoms with van der Waals surface area (Å²) in [4.78, 5) is 22.5. The van der Waals surface area contributed by atoms with Crippen molar-refractivity contribution in [2.24, 2.45) is 10.9 Å². The van der Waals surface area contributed by atoms with Crippen LogP contribution in [-0.4, -0.2) is 37.7 Å². The molecule has 1 atom stereocenters. The summed E-state index contributed by atoms with van der Waals surface area (Å²) in [6.07, 6.45) is 11.9. The maximum absolute atomic E-state index is 12.5. The Labute approximate surface area is 128 Å². The first-order valence-electron chi connectivity index (χ1n) is 6.92. The molecule has 5 nitrogen and oxygen atoms in total. The van der Waals surface area contributed by atoms with E-state index in [1.165, 1.54) is 0 Å². The maximum Gasteiger partial charge on any atom is 0.241 e. The van der Waals surface area contributed by atoms with E-state index in [1.807, 2.05) is 37.4 Å². The predicted octanol–water partition coefficient (Wildman–Crippen LogP) is 1.89. The number of imidazole rings is 1. The number of aromatic nitrogens is 2. The number of carbonyl (C=O) groups is 1. The van der Waals surface area contributed by atoms with Gasteiger partial charge in [-0.1, -0.05) is 18.2 Å². The molecule has 1 aliphatic carbocycles. The van der Waals surface area contributed by atoms with Gasteiger partial charge in [0.2, 0.25) is 11.0 Å². The van der Waals surface area contributed by atoms with Crippen LogP contribution in [0.2, 0.25) is 0 Å². The minimum Gasteiger partial charge on any atom is -0.335 e. The van der Waals surface area contributed by atoms with Crippen LogP contribution in [0.3, 0.4) is 0 Å². The number of carbonyl (C=O) groups excluding carboxylic acids is 1. The standard InChI is InChI=1S/C15H16N4OS/c1-11-9-16-10-18(11)7-4-8-19-14(20)12-5-2-3-6-13(12)17-15(19)21/h2-3,5-6,9-10,12H,4,7-8H2,1H3. The summed E-state index contributed by atoms with van der Waals surface area (Å²) in [7, 11) is 0. The van der Waals surface area contributed by atoms with Crippen molar-refractivity contribution in [2.75, 3.05) is 6.54 Å². The summed E-state index contributed by atoms with van der Waals surface area (Å²) in [5.41, 5.74) is 1.86. The molecule has 0 bridgehead atoms. The van der Waals surface area contributed by atoms with Crippen LogP contribution < -0.4 is 0 Å². The van der Waals surface area contributed by atoms with Gasteiger partial charge in [0.1, 0.15) is 0 Å². The molecule has 21 heavy (non-hydrogen) atoms. The zero-order chi connectivity index (χ0) is 14.8. The van der Waals surface area contributed by atoms with E-state index >= 15 is 0 Å². The van der Waals surface area contributed by atoms with Crippen LogP contribution >= 0.6 is 12.2 Å². The Morgan fingerprint density at radius 1 is 1.33 bits per heavy atom. The second-order valence-electron chi connectivity index (χ2n) is 5.11. The van der Waals surface area contributed by atoms with Gasteiger partial charge in [-0.05, 0) is 31.6 Å². The zero-order valence-corrected chi connectivity index (χ0v) is 12.6. The van der Waals surface area contributed by atoms with Gasteiger partial charge in [0, 0.05) is 25.0 Å². The van der Waals surface area contributed by atoms with Crippen molar-refractivity contribution in [1.29, 1.82) is 0 Å². The molecule has 1 aliphatic heterocycles. The molecule has 1 aromatic rings. The van der Waals surface area contributed by atoms with Crippen molar-refractivity contribution >= 4 is 28.9 Å². The lowest BCUT2D eigenvalue weighted by molar-refractivity contribution is -0.128. The van der Waals surface area contributed by atoms with Crippen molar-refractivity contribution < 1.29 is 4.79 Å². The van der Waals surface area contributed by atoms with E-state index in [1.54, 1.807) is 11.2 Å². The molecule has 1 aromatic heterocycles. The average Bonchev–Trinajstić information content (AvgIpc) is 2.88. The molecule has 0 aromatic carbocycles. The van der Waals surface area contributed by atoms with E-state index in [2.05, 4.69) is 14.5 Å². The van der Waals surface area contributed by atoms with Crippen molar-refractivity contribution in [2.45, 2.75) is 19.9 Å². The van der Waals surface area contributed by atoms with E-state index in [9.17, 15) is 4.79 Å². The summed E-state index contributed by atoms with van der Waals surface area (Å²) < 4.78 is 2.06. The fraction of sp³-hybridized carbons (Fsp3) is 0.333. The van der Waals surface area contributed by atoms with Gasteiger partial charge in [0.25, 0.3) is 0 Å². The number of hydrogen-bond acceptors (Lipinski definition) is 3. The van der Waals surface area contributed by atoms with Gasteiger partial charge in [0.15, 0.2) is 0 Å². The molecule has 0 saturated heterocycles. The molecule has 0 N–H and O–H groups in total. The summed E-state index contributed by atoms with van der Waals surface area (Å²) in [6, 6.07) is 0. The number of amides is 1. The minimum absolute atomic E-state index is 0.0213. The van der Waals surface area contributed by atoms with Crippen LogP contribution in [0.5, 0.6) is 0 Å². The third-order valence-electron chi connectivity index (χ3n) is 3.69. The summed E-state index contributed by atoms with van der Waals surface area (Å²) in [5, 5.41) is 0.369. The molecule has 0 radical (unpaired) electrons. The molecule has 0 saturated carbocycles. The van der Waals surface area contributed by atoms with Crippen LogP contribution in [0.25, 0.3) is 0 Å². The monoisotopic (exact) mass is 300 g/mol. The van der Waals surface area contributed by atoms with E-state index in [-0.39, 0.29) is 11.8 Å². The van der Waals surface area contributed by atoms with Crippen LogP contribution in [0.15, 0.2) is 41.8 Å². The first-order valence-corrected chi connectivity index (χ1v) is 7.33. The van der Waals surface area contributed by atoms with Crippen molar-refractivity contribution in [3.05, 3.63) is 42.5 Å². The molecule has 0 spiro atoms. The molecule has 2 heterocycles. The van der Waals surface area contributed by atoms with Gasteiger partial charge in [0.05, 0.1) is 18.0 Å². The minimum atomic E-state index is -0.281. The second-order valence-corrected chi connectivity index (χ2v) is 5.48. The third-order valence-corrected chi connectivity index (χ3v) is 4.00.